The summed E-state index contributed by atoms with van der Waals surface area (Å²) >= 11 is 0. The van der Waals surface area contributed by atoms with Gasteiger partial charge in [0.05, 0.1) is 6.61 Å². The summed E-state index contributed by atoms with van der Waals surface area (Å²) in [5.74, 6) is 0. The second-order valence-electron chi connectivity index (χ2n) is 2.51. The van der Waals surface area contributed by atoms with E-state index in [0.29, 0.717) is 26.3 Å². The molecule has 14 heavy (non-hydrogen) atoms. The van der Waals surface area contributed by atoms with Crippen LogP contribution < -0.4 is 11.1 Å². The van der Waals surface area contributed by atoms with Gasteiger partial charge < -0.3 is 16.2 Å². The fourth-order valence-electron chi connectivity index (χ4n) is 0.680. The third-order valence-electron chi connectivity index (χ3n) is 1.29. The van der Waals surface area contributed by atoms with Crippen LogP contribution in [0, 0.1) is 0 Å². The van der Waals surface area contributed by atoms with Crippen LogP contribution in [0.4, 0.5) is 0 Å². The Bertz CT molecular complexity index is 136. The lowest BCUT2D eigenvalue weighted by atomic mass is 10.5. The molecule has 0 saturated carbocycles. The molecule has 1 fully saturated rings. The van der Waals surface area contributed by atoms with Gasteiger partial charge in [0.15, 0.2) is 0 Å². The number of rotatable bonds is 4. The Morgan fingerprint density at radius 1 is 1.36 bits per heavy atom. The third kappa shape index (κ3) is 9.98. The maximum Gasteiger partial charge on any atom is 0.697 e. The Morgan fingerprint density at radius 2 is 2.00 bits per heavy atom. The van der Waals surface area contributed by atoms with Gasteiger partial charge in [-0.25, -0.2) is 0 Å². The first-order chi connectivity index (χ1) is 6.81. The van der Waals surface area contributed by atoms with Crippen LogP contribution in [0.5, 0.6) is 0 Å². The van der Waals surface area contributed by atoms with Gasteiger partial charge in [0, 0.05) is 30.6 Å². The van der Waals surface area contributed by atoms with Gasteiger partial charge in [-0.05, 0) is 0 Å². The molecule has 0 bridgehead atoms. The van der Waals surface area contributed by atoms with E-state index < -0.39 is 8.25 Å². The van der Waals surface area contributed by atoms with Gasteiger partial charge in [-0.15, -0.1) is 9.05 Å². The van der Waals surface area contributed by atoms with E-state index >= 15 is 0 Å². The summed E-state index contributed by atoms with van der Waals surface area (Å²) in [4.78, 5) is 0. The number of nitrogens with one attached hydrogen (secondary N) is 1. The minimum Gasteiger partial charge on any atom is -0.395 e. The van der Waals surface area contributed by atoms with Gasteiger partial charge >= 0.3 is 8.25 Å². The average Bonchev–Trinajstić information content (AvgIpc) is 2.21. The molecule has 1 aliphatic heterocycles. The minimum atomic E-state index is -1.74. The predicted molar refractivity (Wildman–Crippen MR) is 53.1 cm³/mol. The Morgan fingerprint density at radius 3 is 2.36 bits per heavy atom. The summed E-state index contributed by atoms with van der Waals surface area (Å²) in [7, 11) is -1.74. The van der Waals surface area contributed by atoms with Crippen LogP contribution >= 0.6 is 8.25 Å². The van der Waals surface area contributed by atoms with Crippen molar-refractivity contribution in [3.63, 3.8) is 0 Å². The Balaban J connectivity index is 0.000000241. The summed E-state index contributed by atoms with van der Waals surface area (Å²) in [5.41, 5.74) is 5.13. The zero-order valence-corrected chi connectivity index (χ0v) is 9.04. The van der Waals surface area contributed by atoms with Crippen molar-refractivity contribution in [2.24, 2.45) is 5.73 Å². The van der Waals surface area contributed by atoms with Gasteiger partial charge in [0.2, 0.25) is 0 Å². The van der Waals surface area contributed by atoms with Crippen LogP contribution in [0.3, 0.4) is 0 Å². The molecule has 1 saturated heterocycles. The average molecular weight is 225 g/mol. The molecule has 0 radical (unpaired) electrons. The second-order valence-corrected chi connectivity index (χ2v) is 3.47. The molecule has 0 aromatic rings. The van der Waals surface area contributed by atoms with Crippen LogP contribution in [0.2, 0.25) is 0 Å². The van der Waals surface area contributed by atoms with Crippen LogP contribution in [0.15, 0.2) is 0 Å². The van der Waals surface area contributed by atoms with Crippen molar-refractivity contribution in [2.75, 3.05) is 39.5 Å². The van der Waals surface area contributed by atoms with E-state index in [0.717, 1.165) is 13.0 Å². The number of hydrogen-bond acceptors (Lipinski definition) is 6. The number of aliphatic hydroxyl groups is 1. The largest absolute Gasteiger partial charge is 0.697 e. The lowest BCUT2D eigenvalue weighted by Crippen LogP contribution is -2.24. The van der Waals surface area contributed by atoms with E-state index in [1.807, 2.05) is 0 Å². The summed E-state index contributed by atoms with van der Waals surface area (Å²) in [5, 5.41) is 11.1. The molecule has 4 N–H and O–H groups in total. The topological polar surface area (TPSA) is 93.8 Å². The van der Waals surface area contributed by atoms with Gasteiger partial charge in [-0.2, -0.15) is 0 Å². The molecule has 6 nitrogen and oxygen atoms in total. The molecule has 0 amide bonds. The summed E-state index contributed by atoms with van der Waals surface area (Å²) in [6.45, 7) is 3.43. The van der Waals surface area contributed by atoms with Crippen LogP contribution in [-0.4, -0.2) is 44.6 Å². The highest BCUT2D eigenvalue weighted by atomic mass is 31.1. The van der Waals surface area contributed by atoms with Crippen molar-refractivity contribution < 1.29 is 18.7 Å². The highest BCUT2D eigenvalue weighted by Gasteiger charge is 2.23. The monoisotopic (exact) mass is 225 g/mol. The van der Waals surface area contributed by atoms with Gasteiger partial charge in [-0.3, -0.25) is 0 Å². The Labute approximate surface area is 84.7 Å². The standard InChI is InChI=1S/C4H12N2O.C3H6O3P/c5-1-2-6-3-4-7;4-7-5-2-1-3-6-7/h6-7H,1-5H2;1-3H2/q;+1. The number of nitrogens with two attached hydrogens (primary N) is 1. The van der Waals surface area contributed by atoms with Crippen molar-refractivity contribution in [1.29, 1.82) is 0 Å². The zero-order chi connectivity index (χ0) is 10.6. The number of aliphatic hydroxyl groups excluding tert-OH is 1. The van der Waals surface area contributed by atoms with E-state index in [1.54, 1.807) is 0 Å². The molecule has 84 valence electrons. The first-order valence-electron chi connectivity index (χ1n) is 4.56. The Hall–Kier alpha value is -0.100. The summed E-state index contributed by atoms with van der Waals surface area (Å²) < 4.78 is 19.3. The van der Waals surface area contributed by atoms with Gasteiger partial charge in [0.1, 0.15) is 13.2 Å². The van der Waals surface area contributed by atoms with Crippen molar-refractivity contribution >= 4 is 8.25 Å². The molecule has 1 aliphatic rings. The molecule has 0 aromatic carbocycles. The normalized spacial score (nSPS) is 16.0. The van der Waals surface area contributed by atoms with Crippen LogP contribution in [0.25, 0.3) is 0 Å². The predicted octanol–water partition coefficient (Wildman–Crippen LogP) is -0.392. The van der Waals surface area contributed by atoms with E-state index in [1.165, 1.54) is 0 Å². The van der Waals surface area contributed by atoms with E-state index in [-0.39, 0.29) is 6.61 Å². The van der Waals surface area contributed by atoms with Crippen molar-refractivity contribution in [3.05, 3.63) is 0 Å². The molecule has 7 heteroatoms. The second kappa shape index (κ2) is 11.0. The van der Waals surface area contributed by atoms with Crippen molar-refractivity contribution in [2.45, 2.75) is 6.42 Å². The number of hydrogen-bond donors (Lipinski definition) is 3. The maximum atomic E-state index is 10.2. The molecule has 0 atom stereocenters. The first kappa shape index (κ1) is 13.9. The first-order valence-corrected chi connectivity index (χ1v) is 5.65. The van der Waals surface area contributed by atoms with Crippen LogP contribution in [0.1, 0.15) is 6.42 Å². The fourth-order valence-corrected chi connectivity index (χ4v) is 1.31. The van der Waals surface area contributed by atoms with Gasteiger partial charge in [0.25, 0.3) is 0 Å². The molecule has 0 spiro atoms. The summed E-state index contributed by atoms with van der Waals surface area (Å²) in [6.07, 6.45) is 0.862. The molecular formula is C7H18N2O4P+. The lowest BCUT2D eigenvalue weighted by molar-refractivity contribution is 0.165. The Kier molecular flexibility index (Phi) is 10.9. The zero-order valence-electron chi connectivity index (χ0n) is 8.15. The summed E-state index contributed by atoms with van der Waals surface area (Å²) in [6, 6.07) is 0. The van der Waals surface area contributed by atoms with E-state index in [4.69, 9.17) is 10.8 Å². The smallest absolute Gasteiger partial charge is 0.395 e. The quantitative estimate of drug-likeness (QED) is 0.445. The maximum absolute atomic E-state index is 10.2. The third-order valence-corrected chi connectivity index (χ3v) is 2.08. The van der Waals surface area contributed by atoms with Gasteiger partial charge in [-0.1, -0.05) is 0 Å². The van der Waals surface area contributed by atoms with E-state index in [9.17, 15) is 4.57 Å². The molecule has 1 heterocycles. The molecule has 0 aliphatic carbocycles. The van der Waals surface area contributed by atoms with E-state index in [2.05, 4.69) is 14.4 Å². The van der Waals surface area contributed by atoms with Crippen molar-refractivity contribution in [1.82, 2.24) is 5.32 Å². The van der Waals surface area contributed by atoms with Crippen molar-refractivity contribution in [3.8, 4) is 0 Å². The molecule has 1 rings (SSSR count). The molecule has 0 aromatic heterocycles. The van der Waals surface area contributed by atoms with Crippen LogP contribution in [-0.2, 0) is 13.6 Å². The minimum absolute atomic E-state index is 0.194. The lowest BCUT2D eigenvalue weighted by Gasteiger charge is -1.95. The highest BCUT2D eigenvalue weighted by molar-refractivity contribution is 7.33. The fraction of sp³-hybridized carbons (Fsp3) is 1.00. The molecule has 0 unspecified atom stereocenters. The highest BCUT2D eigenvalue weighted by Crippen LogP contribution is 2.27. The SMILES string of the molecule is NCCNCCO.O=[P+]1OCCCO1. The molecular weight excluding hydrogens is 207 g/mol.